The van der Waals surface area contributed by atoms with Crippen LogP contribution in [0.4, 0.5) is 4.39 Å². The minimum atomic E-state index is -0.208. The first-order chi connectivity index (χ1) is 8.65. The Balaban J connectivity index is 1.66. The quantitative estimate of drug-likeness (QED) is 0.757. The van der Waals surface area contributed by atoms with Crippen LogP contribution in [0.5, 0.6) is 0 Å². The highest BCUT2D eigenvalue weighted by molar-refractivity contribution is 5.76. The molecule has 1 aliphatic carbocycles. The number of carbonyl (C=O) groups excluding carboxylic acids is 1. The Bertz CT molecular complexity index is 430. The van der Waals surface area contributed by atoms with Gasteiger partial charge in [-0.05, 0) is 43.0 Å². The summed E-state index contributed by atoms with van der Waals surface area (Å²) in [5.74, 6) is -0.0964. The summed E-state index contributed by atoms with van der Waals surface area (Å²) < 4.78 is 12.9. The molecule has 0 unspecified atom stereocenters. The lowest BCUT2D eigenvalue weighted by Crippen LogP contribution is -2.29. The van der Waals surface area contributed by atoms with Crippen LogP contribution in [0.15, 0.2) is 18.2 Å². The van der Waals surface area contributed by atoms with E-state index in [-0.39, 0.29) is 11.7 Å². The monoisotopic (exact) mass is 250 g/mol. The number of amides is 1. The van der Waals surface area contributed by atoms with E-state index in [4.69, 9.17) is 0 Å². The van der Waals surface area contributed by atoms with Crippen molar-refractivity contribution in [3.63, 3.8) is 0 Å². The molecule has 1 aliphatic rings. The molecule has 0 heterocycles. The van der Waals surface area contributed by atoms with Crippen molar-refractivity contribution in [2.45, 2.75) is 38.8 Å². The molecule has 0 atom stereocenters. The van der Waals surface area contributed by atoms with E-state index in [2.05, 4.69) is 10.6 Å². The lowest BCUT2D eigenvalue weighted by molar-refractivity contribution is -0.121. The summed E-state index contributed by atoms with van der Waals surface area (Å²) in [7, 11) is 0. The summed E-state index contributed by atoms with van der Waals surface area (Å²) >= 11 is 0. The van der Waals surface area contributed by atoms with Crippen LogP contribution in [-0.4, -0.2) is 18.5 Å². The third kappa shape index (κ3) is 4.11. The third-order valence-corrected chi connectivity index (χ3v) is 3.09. The van der Waals surface area contributed by atoms with Crippen molar-refractivity contribution < 1.29 is 9.18 Å². The molecule has 1 aromatic rings. The van der Waals surface area contributed by atoms with Gasteiger partial charge in [0.1, 0.15) is 5.82 Å². The van der Waals surface area contributed by atoms with Crippen molar-refractivity contribution in [3.8, 4) is 0 Å². The van der Waals surface area contributed by atoms with Gasteiger partial charge < -0.3 is 10.6 Å². The van der Waals surface area contributed by atoms with E-state index in [0.29, 0.717) is 25.6 Å². The predicted molar refractivity (Wildman–Crippen MR) is 68.6 cm³/mol. The van der Waals surface area contributed by atoms with Crippen LogP contribution in [0, 0.1) is 12.7 Å². The Labute approximate surface area is 107 Å². The zero-order valence-electron chi connectivity index (χ0n) is 10.6. The van der Waals surface area contributed by atoms with Crippen LogP contribution in [0.2, 0.25) is 0 Å². The Morgan fingerprint density at radius 1 is 1.44 bits per heavy atom. The molecular formula is C14H19FN2O. The molecule has 1 amide bonds. The molecule has 1 aromatic carbocycles. The summed E-state index contributed by atoms with van der Waals surface area (Å²) in [4.78, 5) is 11.4. The van der Waals surface area contributed by atoms with Gasteiger partial charge in [-0.1, -0.05) is 6.07 Å². The van der Waals surface area contributed by atoms with Crippen molar-refractivity contribution in [1.29, 1.82) is 0 Å². The molecule has 1 fully saturated rings. The maximum absolute atomic E-state index is 12.9. The number of nitrogens with one attached hydrogen (secondary N) is 2. The van der Waals surface area contributed by atoms with E-state index in [1.165, 1.54) is 12.1 Å². The van der Waals surface area contributed by atoms with Gasteiger partial charge in [0.2, 0.25) is 5.91 Å². The van der Waals surface area contributed by atoms with Crippen LogP contribution in [0.3, 0.4) is 0 Å². The van der Waals surface area contributed by atoms with Gasteiger partial charge in [-0.2, -0.15) is 0 Å². The molecule has 2 N–H and O–H groups in total. The van der Waals surface area contributed by atoms with Gasteiger partial charge in [0.15, 0.2) is 0 Å². The van der Waals surface area contributed by atoms with E-state index in [0.717, 1.165) is 24.0 Å². The maximum Gasteiger partial charge on any atom is 0.221 e. The topological polar surface area (TPSA) is 41.1 Å². The van der Waals surface area contributed by atoms with Gasteiger partial charge in [0.25, 0.3) is 0 Å². The number of halogens is 1. The Morgan fingerprint density at radius 2 is 2.22 bits per heavy atom. The van der Waals surface area contributed by atoms with Crippen molar-refractivity contribution in [2.24, 2.45) is 0 Å². The van der Waals surface area contributed by atoms with Gasteiger partial charge in [-0.15, -0.1) is 0 Å². The lowest BCUT2D eigenvalue weighted by Gasteiger charge is -2.08. The first kappa shape index (κ1) is 13.0. The number of hydrogen-bond acceptors (Lipinski definition) is 2. The maximum atomic E-state index is 12.9. The molecule has 1 saturated carbocycles. The smallest absolute Gasteiger partial charge is 0.221 e. The molecule has 2 rings (SSSR count). The van der Waals surface area contributed by atoms with E-state index in [9.17, 15) is 9.18 Å². The fourth-order valence-electron chi connectivity index (χ4n) is 1.81. The molecule has 98 valence electrons. The molecule has 0 aliphatic heterocycles. The average molecular weight is 250 g/mol. The van der Waals surface area contributed by atoms with Gasteiger partial charge in [-0.3, -0.25) is 4.79 Å². The minimum Gasteiger partial charge on any atom is -0.353 e. The molecule has 3 nitrogen and oxygen atoms in total. The summed E-state index contributed by atoms with van der Waals surface area (Å²) in [6, 6.07) is 5.19. The fourth-order valence-corrected chi connectivity index (χ4v) is 1.81. The fraction of sp³-hybridized carbons (Fsp3) is 0.500. The number of hydrogen-bond donors (Lipinski definition) is 2. The van der Waals surface area contributed by atoms with Gasteiger partial charge in [0, 0.05) is 25.6 Å². The second kappa shape index (κ2) is 5.96. The zero-order chi connectivity index (χ0) is 13.0. The zero-order valence-corrected chi connectivity index (χ0v) is 10.6. The molecular weight excluding hydrogens is 231 g/mol. The van der Waals surface area contributed by atoms with Crippen LogP contribution >= 0.6 is 0 Å². The largest absolute Gasteiger partial charge is 0.353 e. The molecule has 0 spiro atoms. The van der Waals surface area contributed by atoms with Crippen LogP contribution in [-0.2, 0) is 11.3 Å². The van der Waals surface area contributed by atoms with Gasteiger partial charge in [-0.25, -0.2) is 4.39 Å². The third-order valence-electron chi connectivity index (χ3n) is 3.09. The van der Waals surface area contributed by atoms with E-state index < -0.39 is 0 Å². The number of carbonyl (C=O) groups is 1. The first-order valence-corrected chi connectivity index (χ1v) is 6.40. The predicted octanol–water partition coefficient (Wildman–Crippen LogP) is 1.89. The van der Waals surface area contributed by atoms with Crippen molar-refractivity contribution in [3.05, 3.63) is 35.1 Å². The van der Waals surface area contributed by atoms with Gasteiger partial charge in [0.05, 0.1) is 0 Å². The highest BCUT2D eigenvalue weighted by Gasteiger charge is 2.22. The standard InChI is InChI=1S/C14H19FN2O/c1-10-8-12(15)3-2-11(10)9-16-7-6-14(18)17-13-4-5-13/h2-3,8,13,16H,4-7,9H2,1H3,(H,17,18). The minimum absolute atomic E-state index is 0.112. The molecule has 0 radical (unpaired) electrons. The number of rotatable bonds is 6. The summed E-state index contributed by atoms with van der Waals surface area (Å²) in [5, 5.41) is 6.15. The van der Waals surface area contributed by atoms with E-state index >= 15 is 0 Å². The molecule has 0 bridgehead atoms. The Kier molecular flexibility index (Phi) is 4.31. The Hall–Kier alpha value is -1.42. The van der Waals surface area contributed by atoms with Crippen molar-refractivity contribution in [2.75, 3.05) is 6.54 Å². The average Bonchev–Trinajstić information content (AvgIpc) is 3.10. The molecule has 0 saturated heterocycles. The number of aryl methyl sites for hydroxylation is 1. The van der Waals surface area contributed by atoms with Crippen LogP contribution in [0.25, 0.3) is 0 Å². The summed E-state index contributed by atoms with van der Waals surface area (Å²) in [6.07, 6.45) is 2.73. The Morgan fingerprint density at radius 3 is 2.89 bits per heavy atom. The van der Waals surface area contributed by atoms with Gasteiger partial charge >= 0.3 is 0 Å². The number of benzene rings is 1. The second-order valence-electron chi connectivity index (χ2n) is 4.84. The molecule has 18 heavy (non-hydrogen) atoms. The summed E-state index contributed by atoms with van der Waals surface area (Å²) in [6.45, 7) is 3.21. The van der Waals surface area contributed by atoms with E-state index in [1.807, 2.05) is 6.92 Å². The highest BCUT2D eigenvalue weighted by atomic mass is 19.1. The SMILES string of the molecule is Cc1cc(F)ccc1CNCCC(=O)NC1CC1. The van der Waals surface area contributed by atoms with Crippen LogP contribution < -0.4 is 10.6 Å². The lowest BCUT2D eigenvalue weighted by atomic mass is 10.1. The second-order valence-corrected chi connectivity index (χ2v) is 4.84. The van der Waals surface area contributed by atoms with E-state index in [1.54, 1.807) is 6.07 Å². The molecule has 0 aromatic heterocycles. The van der Waals surface area contributed by atoms with Crippen LogP contribution in [0.1, 0.15) is 30.4 Å². The van der Waals surface area contributed by atoms with Crippen molar-refractivity contribution in [1.82, 2.24) is 10.6 Å². The normalized spacial score (nSPS) is 14.6. The molecule has 4 heteroatoms. The first-order valence-electron chi connectivity index (χ1n) is 6.40. The highest BCUT2D eigenvalue weighted by Crippen LogP contribution is 2.18. The summed E-state index contributed by atoms with van der Waals surface area (Å²) in [5.41, 5.74) is 2.00. The van der Waals surface area contributed by atoms with Crippen molar-refractivity contribution >= 4 is 5.91 Å².